The molecule has 1 aromatic heterocycles. The van der Waals surface area contributed by atoms with Crippen molar-refractivity contribution >= 4 is 23.2 Å². The number of hydrogen-bond acceptors (Lipinski definition) is 1. The Morgan fingerprint density at radius 3 is 2.00 bits per heavy atom. The molecule has 0 spiro atoms. The molecule has 72 valence electrons. The van der Waals surface area contributed by atoms with Crippen molar-refractivity contribution in [2.24, 2.45) is 0 Å². The molecule has 14 heavy (non-hydrogen) atoms. The van der Waals surface area contributed by atoms with Gasteiger partial charge in [-0.15, -0.1) is 0 Å². The predicted molar refractivity (Wildman–Crippen MR) is 57.5 cm³/mol. The molecule has 0 bridgehead atoms. The maximum Gasteiger partial charge on any atom is 0.152 e. The summed E-state index contributed by atoms with van der Waals surface area (Å²) >= 11 is 11.6. The first-order valence-corrected chi connectivity index (χ1v) is 4.75. The first-order valence-electron chi connectivity index (χ1n) is 4.00. The molecule has 2 rings (SSSR count). The zero-order chi connectivity index (χ0) is 10.1. The van der Waals surface area contributed by atoms with Gasteiger partial charge in [0.15, 0.2) is 5.75 Å². The van der Waals surface area contributed by atoms with Gasteiger partial charge < -0.3 is 9.67 Å². The molecule has 1 N–H and O–H groups in total. The van der Waals surface area contributed by atoms with Crippen LogP contribution in [0.25, 0.3) is 5.69 Å². The number of phenolic OH excluding ortho intramolecular Hbond substituents is 1. The summed E-state index contributed by atoms with van der Waals surface area (Å²) in [5.74, 6) is -0.0794. The van der Waals surface area contributed by atoms with Crippen LogP contribution in [0.4, 0.5) is 0 Å². The second-order valence-corrected chi connectivity index (χ2v) is 3.66. The van der Waals surface area contributed by atoms with E-state index in [1.807, 2.05) is 29.1 Å². The molecule has 0 aliphatic rings. The molecule has 1 heterocycles. The predicted octanol–water partition coefficient (Wildman–Crippen LogP) is 3.49. The summed E-state index contributed by atoms with van der Waals surface area (Å²) in [6.07, 6.45) is 3.75. The average Bonchev–Trinajstić information content (AvgIpc) is 2.66. The van der Waals surface area contributed by atoms with Crippen LogP contribution in [0.1, 0.15) is 0 Å². The molecule has 2 aromatic rings. The Balaban J connectivity index is 2.57. The number of phenols is 1. The number of hydrogen-bond donors (Lipinski definition) is 1. The standard InChI is InChI=1S/C10H7Cl2NO/c11-8-5-7(6-9(12)10(8)14)13-3-1-2-4-13/h1-6,14H. The lowest BCUT2D eigenvalue weighted by atomic mass is 10.3. The van der Waals surface area contributed by atoms with Gasteiger partial charge in [0.05, 0.1) is 10.0 Å². The Morgan fingerprint density at radius 1 is 1.00 bits per heavy atom. The Labute approximate surface area is 91.3 Å². The summed E-state index contributed by atoms with van der Waals surface area (Å²) in [5.41, 5.74) is 0.822. The van der Waals surface area contributed by atoms with Crippen LogP contribution in [0.2, 0.25) is 10.0 Å². The zero-order valence-corrected chi connectivity index (χ0v) is 8.63. The van der Waals surface area contributed by atoms with Gasteiger partial charge in [0.2, 0.25) is 0 Å². The van der Waals surface area contributed by atoms with Gasteiger partial charge in [-0.1, -0.05) is 23.2 Å². The van der Waals surface area contributed by atoms with Crippen molar-refractivity contribution in [1.82, 2.24) is 4.57 Å². The lowest BCUT2D eigenvalue weighted by Gasteiger charge is -2.06. The normalized spacial score (nSPS) is 10.4. The zero-order valence-electron chi connectivity index (χ0n) is 7.11. The molecule has 2 nitrogen and oxygen atoms in total. The second kappa shape index (κ2) is 3.56. The van der Waals surface area contributed by atoms with E-state index in [2.05, 4.69) is 0 Å². The minimum absolute atomic E-state index is 0.0794. The van der Waals surface area contributed by atoms with Crippen molar-refractivity contribution in [2.75, 3.05) is 0 Å². The van der Waals surface area contributed by atoms with Crippen LogP contribution < -0.4 is 0 Å². The topological polar surface area (TPSA) is 25.2 Å². The molecule has 0 radical (unpaired) electrons. The molecule has 1 aromatic carbocycles. The van der Waals surface area contributed by atoms with E-state index >= 15 is 0 Å². The Kier molecular flexibility index (Phi) is 2.40. The summed E-state index contributed by atoms with van der Waals surface area (Å²) in [6, 6.07) is 7.11. The van der Waals surface area contributed by atoms with Crippen LogP contribution in [0, 0.1) is 0 Å². The van der Waals surface area contributed by atoms with Crippen LogP contribution in [0.3, 0.4) is 0 Å². The molecule has 0 fully saturated rings. The smallest absolute Gasteiger partial charge is 0.152 e. The van der Waals surface area contributed by atoms with E-state index in [1.54, 1.807) is 12.1 Å². The van der Waals surface area contributed by atoms with Gasteiger partial charge in [0.1, 0.15) is 0 Å². The SMILES string of the molecule is Oc1c(Cl)cc(-n2cccc2)cc1Cl. The van der Waals surface area contributed by atoms with Crippen molar-refractivity contribution in [3.8, 4) is 11.4 Å². The third kappa shape index (κ3) is 1.59. The quantitative estimate of drug-likeness (QED) is 0.793. The first-order chi connectivity index (χ1) is 6.68. The lowest BCUT2D eigenvalue weighted by molar-refractivity contribution is 0.476. The molecule has 0 atom stereocenters. The molecule has 0 unspecified atom stereocenters. The van der Waals surface area contributed by atoms with Crippen LogP contribution in [0.5, 0.6) is 5.75 Å². The fourth-order valence-electron chi connectivity index (χ4n) is 1.21. The minimum Gasteiger partial charge on any atom is -0.505 e. The number of halogens is 2. The monoisotopic (exact) mass is 227 g/mol. The minimum atomic E-state index is -0.0794. The van der Waals surface area contributed by atoms with Crippen LogP contribution in [0.15, 0.2) is 36.7 Å². The first kappa shape index (κ1) is 9.44. The molecule has 0 amide bonds. The van der Waals surface area contributed by atoms with Gasteiger partial charge in [-0.25, -0.2) is 0 Å². The van der Waals surface area contributed by atoms with E-state index < -0.39 is 0 Å². The van der Waals surface area contributed by atoms with Crippen molar-refractivity contribution < 1.29 is 5.11 Å². The van der Waals surface area contributed by atoms with Gasteiger partial charge >= 0.3 is 0 Å². The molecule has 0 saturated carbocycles. The highest BCUT2D eigenvalue weighted by Crippen LogP contribution is 2.33. The largest absolute Gasteiger partial charge is 0.505 e. The Hall–Kier alpha value is -1.12. The van der Waals surface area contributed by atoms with Gasteiger partial charge in [-0.3, -0.25) is 0 Å². The summed E-state index contributed by atoms with van der Waals surface area (Å²) in [5, 5.41) is 9.86. The molecule has 0 saturated heterocycles. The molecular formula is C10H7Cl2NO. The van der Waals surface area contributed by atoms with Crippen LogP contribution in [-0.4, -0.2) is 9.67 Å². The summed E-state index contributed by atoms with van der Waals surface area (Å²) in [6.45, 7) is 0. The highest BCUT2D eigenvalue weighted by atomic mass is 35.5. The maximum atomic E-state index is 9.36. The third-order valence-corrected chi connectivity index (χ3v) is 2.48. The molecule has 0 aliphatic heterocycles. The fourth-order valence-corrected chi connectivity index (χ4v) is 1.68. The van der Waals surface area contributed by atoms with Crippen molar-refractivity contribution in [2.45, 2.75) is 0 Å². The number of aromatic hydroxyl groups is 1. The maximum absolute atomic E-state index is 9.36. The van der Waals surface area contributed by atoms with Gasteiger partial charge in [0.25, 0.3) is 0 Å². The van der Waals surface area contributed by atoms with Crippen molar-refractivity contribution in [1.29, 1.82) is 0 Å². The van der Waals surface area contributed by atoms with Crippen molar-refractivity contribution in [3.05, 3.63) is 46.7 Å². The summed E-state index contributed by atoms with van der Waals surface area (Å²) in [4.78, 5) is 0. The number of nitrogens with zero attached hydrogens (tertiary/aromatic N) is 1. The Morgan fingerprint density at radius 2 is 1.50 bits per heavy atom. The second-order valence-electron chi connectivity index (χ2n) is 2.85. The third-order valence-electron chi connectivity index (χ3n) is 1.90. The van der Waals surface area contributed by atoms with E-state index in [1.165, 1.54) is 0 Å². The lowest BCUT2D eigenvalue weighted by Crippen LogP contribution is -1.89. The van der Waals surface area contributed by atoms with E-state index in [0.717, 1.165) is 5.69 Å². The van der Waals surface area contributed by atoms with Gasteiger partial charge in [-0.05, 0) is 24.3 Å². The van der Waals surface area contributed by atoms with Gasteiger partial charge in [-0.2, -0.15) is 0 Å². The number of benzene rings is 1. The fraction of sp³-hybridized carbons (Fsp3) is 0. The molecular weight excluding hydrogens is 221 g/mol. The molecule has 0 aliphatic carbocycles. The van der Waals surface area contributed by atoms with E-state index in [0.29, 0.717) is 0 Å². The Bertz CT molecular complexity index is 428. The van der Waals surface area contributed by atoms with E-state index in [4.69, 9.17) is 23.2 Å². The van der Waals surface area contributed by atoms with Crippen LogP contribution in [-0.2, 0) is 0 Å². The van der Waals surface area contributed by atoms with Crippen molar-refractivity contribution in [3.63, 3.8) is 0 Å². The highest BCUT2D eigenvalue weighted by molar-refractivity contribution is 6.37. The summed E-state index contributed by atoms with van der Waals surface area (Å²) in [7, 11) is 0. The summed E-state index contributed by atoms with van der Waals surface area (Å²) < 4.78 is 1.86. The van der Waals surface area contributed by atoms with E-state index in [9.17, 15) is 5.11 Å². The number of rotatable bonds is 1. The number of aromatic nitrogens is 1. The molecule has 4 heteroatoms. The van der Waals surface area contributed by atoms with Crippen LogP contribution >= 0.6 is 23.2 Å². The highest BCUT2D eigenvalue weighted by Gasteiger charge is 2.06. The van der Waals surface area contributed by atoms with Gasteiger partial charge in [0, 0.05) is 18.1 Å². The van der Waals surface area contributed by atoms with E-state index in [-0.39, 0.29) is 15.8 Å². The average molecular weight is 228 g/mol.